The molecule has 2 heteroatoms. The van der Waals surface area contributed by atoms with Gasteiger partial charge in [-0.1, -0.05) is 36.4 Å². The molecule has 0 unspecified atom stereocenters. The Balaban J connectivity index is 1.69. The number of hydrogen-bond donors (Lipinski definition) is 1. The van der Waals surface area contributed by atoms with Gasteiger partial charge in [-0.15, -0.1) is 0 Å². The van der Waals surface area contributed by atoms with Crippen molar-refractivity contribution in [2.45, 2.75) is 0 Å². The number of nitrogens with zero attached hydrogens (tertiary/aromatic N) is 1. The number of benzene rings is 4. The number of aromatic amines is 1. The minimum Gasteiger partial charge on any atom is -0.354 e. The SMILES string of the molecule is c1ccc(-n2ccc3cc4cc5[nH]c6ccccc6c5cc4cc32)cc1. The first-order valence-electron chi connectivity index (χ1n) is 8.87. The molecule has 0 spiro atoms. The van der Waals surface area contributed by atoms with E-state index in [1.54, 1.807) is 0 Å². The summed E-state index contributed by atoms with van der Waals surface area (Å²) in [6.45, 7) is 0. The number of nitrogens with one attached hydrogen (secondary N) is 1. The zero-order chi connectivity index (χ0) is 17.1. The first kappa shape index (κ1) is 13.7. The maximum absolute atomic E-state index is 3.54. The second-order valence-electron chi connectivity index (χ2n) is 6.85. The molecule has 0 atom stereocenters. The van der Waals surface area contributed by atoms with Crippen molar-refractivity contribution in [3.63, 3.8) is 0 Å². The molecular weight excluding hydrogens is 316 g/mol. The van der Waals surface area contributed by atoms with E-state index in [0.29, 0.717) is 0 Å². The van der Waals surface area contributed by atoms with Crippen LogP contribution >= 0.6 is 0 Å². The third-order valence-electron chi connectivity index (χ3n) is 5.31. The lowest BCUT2D eigenvalue weighted by molar-refractivity contribution is 1.13. The average molecular weight is 332 g/mol. The molecule has 122 valence electrons. The van der Waals surface area contributed by atoms with Gasteiger partial charge in [-0.3, -0.25) is 0 Å². The predicted octanol–water partition coefficient (Wildman–Crippen LogP) is 6.42. The maximum atomic E-state index is 3.54. The lowest BCUT2D eigenvalue weighted by Crippen LogP contribution is -1.90. The van der Waals surface area contributed by atoms with Crippen molar-refractivity contribution in [2.24, 2.45) is 0 Å². The summed E-state index contributed by atoms with van der Waals surface area (Å²) in [5, 5.41) is 6.36. The summed E-state index contributed by atoms with van der Waals surface area (Å²) in [6, 6.07) is 30.4. The summed E-state index contributed by atoms with van der Waals surface area (Å²) < 4.78 is 2.26. The molecule has 0 aliphatic carbocycles. The number of rotatable bonds is 1. The van der Waals surface area contributed by atoms with E-state index in [2.05, 4.69) is 101 Å². The Labute approximate surface area is 150 Å². The Morgan fingerprint density at radius 2 is 1.38 bits per heavy atom. The summed E-state index contributed by atoms with van der Waals surface area (Å²) in [5.41, 5.74) is 4.81. The predicted molar refractivity (Wildman–Crippen MR) is 110 cm³/mol. The fourth-order valence-corrected chi connectivity index (χ4v) is 4.04. The fourth-order valence-electron chi connectivity index (χ4n) is 4.04. The Hall–Kier alpha value is -3.52. The van der Waals surface area contributed by atoms with E-state index >= 15 is 0 Å². The van der Waals surface area contributed by atoms with Gasteiger partial charge in [-0.25, -0.2) is 0 Å². The highest BCUT2D eigenvalue weighted by Gasteiger charge is 2.09. The number of para-hydroxylation sites is 2. The molecule has 0 bridgehead atoms. The standard InChI is InChI=1S/C24H16N2/c1-2-6-19(7-3-1)26-11-10-16-12-17-14-23-21(13-18(17)15-24(16)26)20-8-4-5-9-22(20)25-23/h1-15,25H. The second kappa shape index (κ2) is 4.99. The third kappa shape index (κ3) is 1.87. The normalized spacial score (nSPS) is 11.8. The van der Waals surface area contributed by atoms with Gasteiger partial charge in [0.05, 0.1) is 5.52 Å². The molecule has 4 aromatic carbocycles. The summed E-state index contributed by atoms with van der Waals surface area (Å²) in [5.74, 6) is 0. The largest absolute Gasteiger partial charge is 0.354 e. The minimum absolute atomic E-state index is 1.19. The molecule has 0 fully saturated rings. The van der Waals surface area contributed by atoms with Crippen LogP contribution in [-0.4, -0.2) is 9.55 Å². The number of aromatic nitrogens is 2. The second-order valence-corrected chi connectivity index (χ2v) is 6.85. The van der Waals surface area contributed by atoms with Gasteiger partial charge < -0.3 is 9.55 Å². The van der Waals surface area contributed by atoms with Gasteiger partial charge in [0.25, 0.3) is 0 Å². The quantitative estimate of drug-likeness (QED) is 0.359. The molecule has 0 radical (unpaired) electrons. The Bertz CT molecular complexity index is 1420. The monoisotopic (exact) mass is 332 g/mol. The van der Waals surface area contributed by atoms with Crippen molar-refractivity contribution in [3.8, 4) is 5.69 Å². The summed E-state index contributed by atoms with van der Waals surface area (Å²) in [4.78, 5) is 3.54. The highest BCUT2D eigenvalue weighted by atomic mass is 15.0. The van der Waals surface area contributed by atoms with Gasteiger partial charge in [0.1, 0.15) is 0 Å². The Morgan fingerprint density at radius 1 is 0.577 bits per heavy atom. The molecule has 2 heterocycles. The van der Waals surface area contributed by atoms with E-state index in [0.717, 1.165) is 0 Å². The molecule has 6 rings (SSSR count). The number of hydrogen-bond acceptors (Lipinski definition) is 0. The zero-order valence-corrected chi connectivity index (χ0v) is 14.1. The number of H-pyrrole nitrogens is 1. The highest BCUT2D eigenvalue weighted by Crippen LogP contribution is 2.32. The van der Waals surface area contributed by atoms with Crippen molar-refractivity contribution < 1.29 is 0 Å². The zero-order valence-electron chi connectivity index (χ0n) is 14.1. The lowest BCUT2D eigenvalue weighted by Gasteiger charge is -2.07. The van der Waals surface area contributed by atoms with Crippen molar-refractivity contribution in [1.82, 2.24) is 9.55 Å². The summed E-state index contributed by atoms with van der Waals surface area (Å²) in [7, 11) is 0. The fraction of sp³-hybridized carbons (Fsp3) is 0. The summed E-state index contributed by atoms with van der Waals surface area (Å²) in [6.07, 6.45) is 2.15. The van der Waals surface area contributed by atoms with Crippen molar-refractivity contribution in [3.05, 3.63) is 91.1 Å². The minimum atomic E-state index is 1.19. The first-order valence-corrected chi connectivity index (χ1v) is 8.87. The molecule has 0 aliphatic rings. The van der Waals surface area contributed by atoms with Crippen LogP contribution in [0.25, 0.3) is 49.2 Å². The molecule has 2 nitrogen and oxygen atoms in total. The van der Waals surface area contributed by atoms with E-state index in [4.69, 9.17) is 0 Å². The molecular formula is C24H16N2. The highest BCUT2D eigenvalue weighted by molar-refractivity contribution is 6.13. The van der Waals surface area contributed by atoms with Gasteiger partial charge in [-0.05, 0) is 59.3 Å². The van der Waals surface area contributed by atoms with E-state index in [1.165, 1.54) is 49.2 Å². The van der Waals surface area contributed by atoms with Gasteiger partial charge in [0, 0.05) is 39.1 Å². The van der Waals surface area contributed by atoms with E-state index < -0.39 is 0 Å². The van der Waals surface area contributed by atoms with Gasteiger partial charge in [0.2, 0.25) is 0 Å². The van der Waals surface area contributed by atoms with Crippen molar-refractivity contribution in [1.29, 1.82) is 0 Å². The third-order valence-corrected chi connectivity index (χ3v) is 5.31. The molecule has 0 amide bonds. The van der Waals surface area contributed by atoms with E-state index in [-0.39, 0.29) is 0 Å². The van der Waals surface area contributed by atoms with Gasteiger partial charge in [-0.2, -0.15) is 0 Å². The molecule has 2 aromatic heterocycles. The lowest BCUT2D eigenvalue weighted by atomic mass is 10.0. The summed E-state index contributed by atoms with van der Waals surface area (Å²) >= 11 is 0. The van der Waals surface area contributed by atoms with Crippen LogP contribution in [0.5, 0.6) is 0 Å². The van der Waals surface area contributed by atoms with Crippen LogP contribution in [0.15, 0.2) is 91.1 Å². The molecule has 1 N–H and O–H groups in total. The van der Waals surface area contributed by atoms with Crippen LogP contribution in [0.3, 0.4) is 0 Å². The smallest absolute Gasteiger partial charge is 0.0534 e. The first-order chi connectivity index (χ1) is 12.9. The topological polar surface area (TPSA) is 20.7 Å². The van der Waals surface area contributed by atoms with Crippen LogP contribution < -0.4 is 0 Å². The van der Waals surface area contributed by atoms with E-state index in [1.807, 2.05) is 0 Å². The maximum Gasteiger partial charge on any atom is 0.0534 e. The molecule has 6 aromatic rings. The van der Waals surface area contributed by atoms with Gasteiger partial charge >= 0.3 is 0 Å². The number of fused-ring (bicyclic) bond motifs is 5. The molecule has 0 aliphatic heterocycles. The van der Waals surface area contributed by atoms with Gasteiger partial charge in [0.15, 0.2) is 0 Å². The molecule has 0 saturated carbocycles. The van der Waals surface area contributed by atoms with Crippen LogP contribution in [0.1, 0.15) is 0 Å². The average Bonchev–Trinajstić information content (AvgIpc) is 3.25. The molecule has 26 heavy (non-hydrogen) atoms. The Kier molecular flexibility index (Phi) is 2.64. The van der Waals surface area contributed by atoms with Crippen LogP contribution in [0, 0.1) is 0 Å². The van der Waals surface area contributed by atoms with Crippen LogP contribution in [0.4, 0.5) is 0 Å². The van der Waals surface area contributed by atoms with E-state index in [9.17, 15) is 0 Å². The van der Waals surface area contributed by atoms with Crippen LogP contribution in [0.2, 0.25) is 0 Å². The van der Waals surface area contributed by atoms with Crippen LogP contribution in [-0.2, 0) is 0 Å². The van der Waals surface area contributed by atoms with Crippen molar-refractivity contribution in [2.75, 3.05) is 0 Å². The Morgan fingerprint density at radius 3 is 2.31 bits per heavy atom. The molecule has 0 saturated heterocycles. The van der Waals surface area contributed by atoms with Crippen molar-refractivity contribution >= 4 is 43.5 Å².